The van der Waals surface area contributed by atoms with Crippen molar-refractivity contribution >= 4 is 28.8 Å². The second-order valence-corrected chi connectivity index (χ2v) is 8.03. The quantitative estimate of drug-likeness (QED) is 0.426. The molecule has 0 saturated carbocycles. The molecule has 0 aliphatic rings. The smallest absolute Gasteiger partial charge is 0.273 e. The Bertz CT molecular complexity index is 1570. The summed E-state index contributed by atoms with van der Waals surface area (Å²) in [5, 5.41) is 14.0. The zero-order chi connectivity index (χ0) is 23.5. The molecule has 9 heteroatoms. The molecule has 0 unspecified atom stereocenters. The molecule has 33 heavy (non-hydrogen) atoms. The molecule has 0 atom stereocenters. The highest BCUT2D eigenvalue weighted by Crippen LogP contribution is 2.15. The average Bonchev–Trinajstić information content (AvgIpc) is 3.37. The molecule has 0 amide bonds. The number of halogens is 1. The Morgan fingerprint density at radius 3 is 2.55 bits per heavy atom. The number of Topliss-reactive ketones (excluding diaryl/α,β-unsaturated/α-hetero) is 1. The van der Waals surface area contributed by atoms with Gasteiger partial charge in [-0.1, -0.05) is 12.1 Å². The highest BCUT2D eigenvalue weighted by Gasteiger charge is 2.21. The summed E-state index contributed by atoms with van der Waals surface area (Å²) in [5.74, 6) is -0.961. The number of hydrogen-bond donors (Lipinski definition) is 0. The molecule has 7 nitrogen and oxygen atoms in total. The largest absolute Gasteiger partial charge is 0.497 e. The van der Waals surface area contributed by atoms with Gasteiger partial charge in [-0.05, 0) is 42.5 Å². The summed E-state index contributed by atoms with van der Waals surface area (Å²) in [4.78, 5) is 26.5. The first-order chi connectivity index (χ1) is 15.9. The van der Waals surface area contributed by atoms with Crippen LogP contribution in [0.3, 0.4) is 0 Å². The molecule has 2 aromatic heterocycles. The van der Waals surface area contributed by atoms with Crippen LogP contribution in [0.25, 0.3) is 17.3 Å². The molecule has 0 aliphatic carbocycles. The van der Waals surface area contributed by atoms with Crippen molar-refractivity contribution < 1.29 is 13.9 Å². The fourth-order valence-corrected chi connectivity index (χ4v) is 4.36. The zero-order valence-electron chi connectivity index (χ0n) is 17.7. The fraction of sp³-hybridized carbons (Fsp3) is 0.0833. The van der Waals surface area contributed by atoms with E-state index in [1.807, 2.05) is 6.07 Å². The molecule has 0 aliphatic heterocycles. The van der Waals surface area contributed by atoms with Crippen molar-refractivity contribution in [1.29, 1.82) is 5.26 Å². The number of rotatable bonds is 5. The zero-order valence-corrected chi connectivity index (χ0v) is 18.5. The van der Waals surface area contributed by atoms with Gasteiger partial charge >= 0.3 is 0 Å². The van der Waals surface area contributed by atoms with E-state index >= 15 is 0 Å². The van der Waals surface area contributed by atoms with Gasteiger partial charge in [0.1, 0.15) is 27.9 Å². The summed E-state index contributed by atoms with van der Waals surface area (Å²) >= 11 is 0.980. The first-order valence-corrected chi connectivity index (χ1v) is 10.5. The third-order valence-electron chi connectivity index (χ3n) is 4.85. The predicted octanol–water partition coefficient (Wildman–Crippen LogP) is 2.17. The molecule has 0 spiro atoms. The van der Waals surface area contributed by atoms with Crippen molar-refractivity contribution in [3.05, 3.63) is 97.4 Å². The van der Waals surface area contributed by atoms with Crippen LogP contribution in [0.15, 0.2) is 65.7 Å². The topological polar surface area (TPSA) is 89.9 Å². The number of ketones is 1. The Morgan fingerprint density at radius 2 is 1.94 bits per heavy atom. The Labute approximate surface area is 191 Å². The standard InChI is InChI=1S/C24H17FN4O3S/c1-28-14-15(13-27-28)11-21-23(31)29(16-7-9-17(32-2)10-8-16)24(33-21)19(12-26)22(30)18-5-3-4-6-20(18)25/h3-11,13-14H,1-2H3/b21-11-,24-19-. The molecule has 0 saturated heterocycles. The van der Waals surface area contributed by atoms with Gasteiger partial charge in [-0.3, -0.25) is 18.8 Å². The maximum absolute atomic E-state index is 14.3. The van der Waals surface area contributed by atoms with Crippen LogP contribution < -0.4 is 19.5 Å². The molecule has 4 rings (SSSR count). The number of nitriles is 1. The number of thiazole rings is 1. The van der Waals surface area contributed by atoms with E-state index in [0.717, 1.165) is 17.4 Å². The normalized spacial score (nSPS) is 12.4. The molecule has 4 aromatic rings. The number of carbonyl (C=O) groups is 1. The van der Waals surface area contributed by atoms with Crippen LogP contribution in [0.4, 0.5) is 4.39 Å². The number of aryl methyl sites for hydroxylation is 1. The van der Waals surface area contributed by atoms with Crippen molar-refractivity contribution in [1.82, 2.24) is 14.3 Å². The monoisotopic (exact) mass is 460 g/mol. The van der Waals surface area contributed by atoms with Gasteiger partial charge in [0.15, 0.2) is 0 Å². The number of ether oxygens (including phenoxy) is 1. The SMILES string of the molecule is COc1ccc(-n2c(=O)/c(=C/c3cnn(C)c3)s/c2=C(/C#N)C(=O)c2ccccc2F)cc1. The number of aromatic nitrogens is 3. The summed E-state index contributed by atoms with van der Waals surface area (Å²) in [5.41, 5.74) is 0.131. The fourth-order valence-electron chi connectivity index (χ4n) is 3.26. The van der Waals surface area contributed by atoms with Gasteiger partial charge in [-0.15, -0.1) is 11.3 Å². The summed E-state index contributed by atoms with van der Waals surface area (Å²) < 4.78 is 22.7. The van der Waals surface area contributed by atoms with Crippen LogP contribution >= 0.6 is 11.3 Å². The maximum atomic E-state index is 14.3. The molecule has 0 radical (unpaired) electrons. The second kappa shape index (κ2) is 9.06. The van der Waals surface area contributed by atoms with Crippen molar-refractivity contribution in [3.63, 3.8) is 0 Å². The Hall–Kier alpha value is -4.29. The Kier molecular flexibility index (Phi) is 6.02. The molecule has 0 N–H and O–H groups in total. The third kappa shape index (κ3) is 4.24. The second-order valence-electron chi connectivity index (χ2n) is 7.00. The highest BCUT2D eigenvalue weighted by molar-refractivity contribution is 7.07. The van der Waals surface area contributed by atoms with E-state index in [4.69, 9.17) is 4.74 Å². The number of benzene rings is 2. The summed E-state index contributed by atoms with van der Waals surface area (Å²) in [6.45, 7) is 0. The predicted molar refractivity (Wildman–Crippen MR) is 122 cm³/mol. The van der Waals surface area contributed by atoms with Crippen molar-refractivity contribution in [2.75, 3.05) is 7.11 Å². The lowest BCUT2D eigenvalue weighted by Crippen LogP contribution is -2.31. The lowest BCUT2D eigenvalue weighted by atomic mass is 10.0. The molecular weight excluding hydrogens is 443 g/mol. The minimum absolute atomic E-state index is 0.107. The van der Waals surface area contributed by atoms with Crippen LogP contribution in [0.5, 0.6) is 5.75 Å². The maximum Gasteiger partial charge on any atom is 0.273 e. The number of nitrogens with zero attached hydrogens (tertiary/aromatic N) is 4. The summed E-state index contributed by atoms with van der Waals surface area (Å²) in [7, 11) is 3.27. The molecule has 164 valence electrons. The van der Waals surface area contributed by atoms with Gasteiger partial charge in [-0.25, -0.2) is 4.39 Å². The lowest BCUT2D eigenvalue weighted by molar-refractivity contribution is 0.105. The lowest BCUT2D eigenvalue weighted by Gasteiger charge is -2.06. The minimum Gasteiger partial charge on any atom is -0.497 e. The molecule has 0 bridgehead atoms. The Balaban J connectivity index is 2.05. The van der Waals surface area contributed by atoms with Crippen LogP contribution in [0.1, 0.15) is 15.9 Å². The molecule has 0 fully saturated rings. The van der Waals surface area contributed by atoms with Gasteiger partial charge in [0.2, 0.25) is 5.78 Å². The van der Waals surface area contributed by atoms with E-state index in [1.165, 1.54) is 29.9 Å². The van der Waals surface area contributed by atoms with E-state index < -0.39 is 17.2 Å². The molecular formula is C24H17FN4O3S. The van der Waals surface area contributed by atoms with Gasteiger partial charge in [-0.2, -0.15) is 10.4 Å². The van der Waals surface area contributed by atoms with Gasteiger partial charge in [0, 0.05) is 18.8 Å². The van der Waals surface area contributed by atoms with Crippen LogP contribution in [-0.4, -0.2) is 27.2 Å². The number of methoxy groups -OCH3 is 1. The molecule has 2 aromatic carbocycles. The van der Waals surface area contributed by atoms with Crippen molar-refractivity contribution in [2.45, 2.75) is 0 Å². The summed E-state index contributed by atoms with van der Waals surface area (Å²) in [6, 6.07) is 13.9. The van der Waals surface area contributed by atoms with Crippen molar-refractivity contribution in [2.24, 2.45) is 7.05 Å². The minimum atomic E-state index is -0.799. The van der Waals surface area contributed by atoms with E-state index in [-0.39, 0.29) is 15.8 Å². The van der Waals surface area contributed by atoms with Crippen LogP contribution in [0.2, 0.25) is 0 Å². The average molecular weight is 460 g/mol. The van der Waals surface area contributed by atoms with Crippen LogP contribution in [0, 0.1) is 17.1 Å². The Morgan fingerprint density at radius 1 is 1.21 bits per heavy atom. The van der Waals surface area contributed by atoms with E-state index in [1.54, 1.807) is 54.5 Å². The molecule has 2 heterocycles. The highest BCUT2D eigenvalue weighted by atomic mass is 32.1. The van der Waals surface area contributed by atoms with E-state index in [0.29, 0.717) is 21.5 Å². The first-order valence-electron chi connectivity index (χ1n) is 9.73. The van der Waals surface area contributed by atoms with E-state index in [2.05, 4.69) is 5.10 Å². The van der Waals surface area contributed by atoms with E-state index in [9.17, 15) is 19.2 Å². The van der Waals surface area contributed by atoms with Crippen LogP contribution in [-0.2, 0) is 7.05 Å². The first kappa shape index (κ1) is 21.9. The van der Waals surface area contributed by atoms with Crippen molar-refractivity contribution in [3.8, 4) is 17.5 Å². The third-order valence-corrected chi connectivity index (χ3v) is 5.94. The number of hydrogen-bond acceptors (Lipinski definition) is 6. The summed E-state index contributed by atoms with van der Waals surface area (Å²) in [6.07, 6.45) is 4.96. The van der Waals surface area contributed by atoms with Gasteiger partial charge in [0.25, 0.3) is 5.56 Å². The van der Waals surface area contributed by atoms with Gasteiger partial charge < -0.3 is 4.74 Å². The number of carbonyl (C=O) groups excluding carboxylic acids is 1. The van der Waals surface area contributed by atoms with Gasteiger partial charge in [0.05, 0.1) is 29.1 Å².